The molecular formula is C20H24N2O4S. The summed E-state index contributed by atoms with van der Waals surface area (Å²) in [6.07, 6.45) is 2.04. The Morgan fingerprint density at radius 1 is 1.15 bits per heavy atom. The van der Waals surface area contributed by atoms with Gasteiger partial charge in [-0.15, -0.1) is 0 Å². The van der Waals surface area contributed by atoms with E-state index < -0.39 is 16.0 Å². The van der Waals surface area contributed by atoms with Gasteiger partial charge in [0.15, 0.2) is 0 Å². The molecule has 0 unspecified atom stereocenters. The number of nitrogens with one attached hydrogen (secondary N) is 1. The number of carboxylic acid groups (broad SMARTS) is 1. The average molecular weight is 388 g/mol. The van der Waals surface area contributed by atoms with Gasteiger partial charge in [-0.05, 0) is 55.5 Å². The largest absolute Gasteiger partial charge is 0.478 e. The first-order valence-electron chi connectivity index (χ1n) is 8.98. The van der Waals surface area contributed by atoms with E-state index in [4.69, 9.17) is 0 Å². The van der Waals surface area contributed by atoms with E-state index in [1.807, 2.05) is 0 Å². The van der Waals surface area contributed by atoms with Crippen LogP contribution in [0.1, 0.15) is 35.7 Å². The second-order valence-electron chi connectivity index (χ2n) is 7.08. The Balaban J connectivity index is 2.00. The van der Waals surface area contributed by atoms with Crippen molar-refractivity contribution in [3.05, 3.63) is 53.6 Å². The maximum absolute atomic E-state index is 12.9. The Hall–Kier alpha value is -2.54. The number of nitrogens with zero attached hydrogens (tertiary/aromatic N) is 1. The van der Waals surface area contributed by atoms with Crippen LogP contribution in [-0.4, -0.2) is 32.6 Å². The lowest BCUT2D eigenvalue weighted by molar-refractivity contribution is 0.0697. The Morgan fingerprint density at radius 2 is 1.81 bits per heavy atom. The predicted molar refractivity (Wildman–Crippen MR) is 106 cm³/mol. The van der Waals surface area contributed by atoms with E-state index in [-0.39, 0.29) is 10.5 Å². The van der Waals surface area contributed by atoms with Gasteiger partial charge in [0.25, 0.3) is 10.0 Å². The Kier molecular flexibility index (Phi) is 5.41. The fourth-order valence-corrected chi connectivity index (χ4v) is 4.65. The first-order chi connectivity index (χ1) is 12.8. The van der Waals surface area contributed by atoms with Crippen LogP contribution >= 0.6 is 0 Å². The molecule has 1 heterocycles. The Labute approximate surface area is 159 Å². The number of rotatable bonds is 5. The molecule has 2 aromatic carbocycles. The molecule has 1 aliphatic heterocycles. The van der Waals surface area contributed by atoms with Gasteiger partial charge in [-0.1, -0.05) is 25.1 Å². The normalized spacial score (nSPS) is 15.6. The number of aromatic carboxylic acids is 1. The summed E-state index contributed by atoms with van der Waals surface area (Å²) in [7, 11) is -3.83. The molecule has 0 atom stereocenters. The first kappa shape index (κ1) is 19.2. The summed E-state index contributed by atoms with van der Waals surface area (Å²) in [6, 6.07) is 11.3. The lowest BCUT2D eigenvalue weighted by Gasteiger charge is -2.33. The van der Waals surface area contributed by atoms with Crippen LogP contribution in [0.3, 0.4) is 0 Å². The molecule has 0 amide bonds. The molecule has 2 aromatic rings. The van der Waals surface area contributed by atoms with Crippen LogP contribution in [0, 0.1) is 12.8 Å². The average Bonchev–Trinajstić information content (AvgIpc) is 2.62. The van der Waals surface area contributed by atoms with Crippen molar-refractivity contribution in [1.29, 1.82) is 0 Å². The fourth-order valence-electron chi connectivity index (χ4n) is 3.33. The maximum atomic E-state index is 12.9. The van der Waals surface area contributed by atoms with Crippen molar-refractivity contribution in [3.63, 3.8) is 0 Å². The highest BCUT2D eigenvalue weighted by molar-refractivity contribution is 7.92. The molecular weight excluding hydrogens is 364 g/mol. The van der Waals surface area contributed by atoms with Gasteiger partial charge < -0.3 is 10.0 Å². The third kappa shape index (κ3) is 4.24. The molecule has 144 valence electrons. The van der Waals surface area contributed by atoms with Crippen molar-refractivity contribution >= 4 is 27.4 Å². The van der Waals surface area contributed by atoms with E-state index in [9.17, 15) is 18.3 Å². The fraction of sp³-hybridized carbons (Fsp3) is 0.350. The molecule has 1 saturated heterocycles. The van der Waals surface area contributed by atoms with Crippen LogP contribution in [0.5, 0.6) is 0 Å². The minimum atomic E-state index is -3.83. The Morgan fingerprint density at radius 3 is 2.44 bits per heavy atom. The van der Waals surface area contributed by atoms with E-state index in [1.54, 1.807) is 37.3 Å². The molecule has 0 bridgehead atoms. The molecule has 0 aromatic heterocycles. The lowest BCUT2D eigenvalue weighted by atomic mass is 9.98. The highest BCUT2D eigenvalue weighted by Crippen LogP contribution is 2.32. The first-order valence-corrected chi connectivity index (χ1v) is 10.5. The van der Waals surface area contributed by atoms with Crippen LogP contribution < -0.4 is 9.62 Å². The summed E-state index contributed by atoms with van der Waals surface area (Å²) in [4.78, 5) is 13.7. The summed E-state index contributed by atoms with van der Waals surface area (Å²) in [6.45, 7) is 5.56. The molecule has 1 aliphatic rings. The van der Waals surface area contributed by atoms with E-state index in [2.05, 4.69) is 16.5 Å². The summed E-state index contributed by atoms with van der Waals surface area (Å²) in [5, 5.41) is 9.31. The van der Waals surface area contributed by atoms with E-state index in [0.29, 0.717) is 22.9 Å². The smallest absolute Gasteiger partial charge is 0.335 e. The van der Waals surface area contributed by atoms with Gasteiger partial charge in [0.05, 0.1) is 21.8 Å². The summed E-state index contributed by atoms with van der Waals surface area (Å²) in [5.41, 5.74) is 1.69. The van der Waals surface area contributed by atoms with Gasteiger partial charge in [0.2, 0.25) is 0 Å². The van der Waals surface area contributed by atoms with Gasteiger partial charge in [-0.25, -0.2) is 13.2 Å². The van der Waals surface area contributed by atoms with Crippen molar-refractivity contribution in [2.75, 3.05) is 22.7 Å². The van der Waals surface area contributed by atoms with Gasteiger partial charge in [0, 0.05) is 13.1 Å². The molecule has 3 rings (SSSR count). The third-order valence-corrected chi connectivity index (χ3v) is 6.52. The number of anilines is 2. The molecule has 7 heteroatoms. The molecule has 0 saturated carbocycles. The zero-order valence-electron chi connectivity index (χ0n) is 15.5. The minimum absolute atomic E-state index is 0.0478. The highest BCUT2D eigenvalue weighted by Gasteiger charge is 2.23. The number of piperidine rings is 1. The van der Waals surface area contributed by atoms with Crippen LogP contribution in [0.2, 0.25) is 0 Å². The van der Waals surface area contributed by atoms with Crippen LogP contribution in [0.15, 0.2) is 47.4 Å². The number of benzene rings is 2. The quantitative estimate of drug-likeness (QED) is 0.815. The van der Waals surface area contributed by atoms with Gasteiger partial charge >= 0.3 is 5.97 Å². The van der Waals surface area contributed by atoms with Crippen LogP contribution in [0.25, 0.3) is 0 Å². The third-order valence-electron chi connectivity index (χ3n) is 5.00. The molecule has 27 heavy (non-hydrogen) atoms. The summed E-state index contributed by atoms with van der Waals surface area (Å²) in [5.74, 6) is -0.461. The van der Waals surface area contributed by atoms with Crippen molar-refractivity contribution in [2.24, 2.45) is 5.92 Å². The molecule has 2 N–H and O–H groups in total. The van der Waals surface area contributed by atoms with E-state index in [1.165, 1.54) is 12.1 Å². The molecule has 0 spiro atoms. The molecule has 0 radical (unpaired) electrons. The predicted octanol–water partition coefficient (Wildman–Crippen LogP) is 3.73. The standard InChI is InChI=1S/C20H24N2O4S/c1-14-9-11-22(12-10-14)18-8-7-16(20(23)24)13-17(18)21-27(25,26)19-6-4-3-5-15(19)2/h3-8,13-14,21H,9-12H2,1-2H3,(H,23,24). The summed E-state index contributed by atoms with van der Waals surface area (Å²) >= 11 is 0. The SMILES string of the molecule is Cc1ccccc1S(=O)(=O)Nc1cc(C(=O)O)ccc1N1CCC(C)CC1. The molecule has 1 fully saturated rings. The minimum Gasteiger partial charge on any atom is -0.478 e. The van der Waals surface area contributed by atoms with E-state index in [0.717, 1.165) is 25.9 Å². The lowest BCUT2D eigenvalue weighted by Crippen LogP contribution is -2.33. The van der Waals surface area contributed by atoms with Gasteiger partial charge in [0.1, 0.15) is 0 Å². The van der Waals surface area contributed by atoms with E-state index >= 15 is 0 Å². The molecule has 0 aliphatic carbocycles. The number of carboxylic acids is 1. The van der Waals surface area contributed by atoms with Crippen LogP contribution in [0.4, 0.5) is 11.4 Å². The van der Waals surface area contributed by atoms with Crippen LogP contribution in [-0.2, 0) is 10.0 Å². The second-order valence-corrected chi connectivity index (χ2v) is 8.73. The maximum Gasteiger partial charge on any atom is 0.335 e. The monoisotopic (exact) mass is 388 g/mol. The number of hydrogen-bond donors (Lipinski definition) is 2. The summed E-state index contributed by atoms with van der Waals surface area (Å²) < 4.78 is 28.4. The van der Waals surface area contributed by atoms with Crippen molar-refractivity contribution < 1.29 is 18.3 Å². The second kappa shape index (κ2) is 7.60. The van der Waals surface area contributed by atoms with Gasteiger partial charge in [-0.2, -0.15) is 0 Å². The Bertz CT molecular complexity index is 948. The number of carbonyl (C=O) groups is 1. The zero-order valence-corrected chi connectivity index (χ0v) is 16.3. The number of aryl methyl sites for hydroxylation is 1. The van der Waals surface area contributed by atoms with Crippen molar-refractivity contribution in [3.8, 4) is 0 Å². The van der Waals surface area contributed by atoms with Crippen molar-refractivity contribution in [1.82, 2.24) is 0 Å². The zero-order chi connectivity index (χ0) is 19.6. The highest BCUT2D eigenvalue weighted by atomic mass is 32.2. The topological polar surface area (TPSA) is 86.7 Å². The molecule has 6 nitrogen and oxygen atoms in total. The van der Waals surface area contributed by atoms with Gasteiger partial charge in [-0.3, -0.25) is 4.72 Å². The number of hydrogen-bond acceptors (Lipinski definition) is 4. The number of sulfonamides is 1. The van der Waals surface area contributed by atoms with Crippen molar-refractivity contribution in [2.45, 2.75) is 31.6 Å².